The summed E-state index contributed by atoms with van der Waals surface area (Å²) in [7, 11) is 0. The standard InChI is InChI=1S/C8H13ClN2S/c1-6(2)7(9)5-11-8-10-3-4-12-8/h3-4,6-7H,5H2,1-2H3,(H,10,11). The summed E-state index contributed by atoms with van der Waals surface area (Å²) in [4.78, 5) is 4.10. The van der Waals surface area contributed by atoms with E-state index in [1.54, 1.807) is 17.5 Å². The second kappa shape index (κ2) is 4.67. The van der Waals surface area contributed by atoms with Gasteiger partial charge in [-0.3, -0.25) is 0 Å². The Balaban J connectivity index is 2.27. The predicted molar refractivity (Wildman–Crippen MR) is 55.1 cm³/mol. The predicted octanol–water partition coefficient (Wildman–Crippen LogP) is 2.82. The molecule has 0 aliphatic rings. The Morgan fingerprint density at radius 1 is 1.67 bits per heavy atom. The molecule has 0 amide bonds. The summed E-state index contributed by atoms with van der Waals surface area (Å²) in [6.45, 7) is 5.01. The summed E-state index contributed by atoms with van der Waals surface area (Å²) in [6, 6.07) is 0. The van der Waals surface area contributed by atoms with Gasteiger partial charge in [-0.15, -0.1) is 22.9 Å². The molecular formula is C8H13ClN2S. The van der Waals surface area contributed by atoms with Crippen LogP contribution in [0.4, 0.5) is 5.13 Å². The maximum absolute atomic E-state index is 6.05. The average Bonchev–Trinajstić information content (AvgIpc) is 2.51. The van der Waals surface area contributed by atoms with Gasteiger partial charge in [0.2, 0.25) is 0 Å². The molecule has 0 bridgehead atoms. The van der Waals surface area contributed by atoms with Gasteiger partial charge in [0.05, 0.1) is 5.38 Å². The fraction of sp³-hybridized carbons (Fsp3) is 0.625. The van der Waals surface area contributed by atoms with Gasteiger partial charge in [0.25, 0.3) is 0 Å². The van der Waals surface area contributed by atoms with E-state index < -0.39 is 0 Å². The van der Waals surface area contributed by atoms with Crippen molar-refractivity contribution in [2.45, 2.75) is 19.2 Å². The van der Waals surface area contributed by atoms with Gasteiger partial charge < -0.3 is 5.32 Å². The molecule has 0 aromatic carbocycles. The van der Waals surface area contributed by atoms with Crippen LogP contribution in [0.2, 0.25) is 0 Å². The molecule has 4 heteroatoms. The van der Waals surface area contributed by atoms with Crippen molar-refractivity contribution < 1.29 is 0 Å². The van der Waals surface area contributed by atoms with E-state index in [2.05, 4.69) is 24.1 Å². The zero-order valence-electron chi connectivity index (χ0n) is 7.25. The lowest BCUT2D eigenvalue weighted by Crippen LogP contribution is -2.19. The van der Waals surface area contributed by atoms with Crippen molar-refractivity contribution in [1.29, 1.82) is 0 Å². The molecular weight excluding hydrogens is 192 g/mol. The Kier molecular flexibility index (Phi) is 3.82. The van der Waals surface area contributed by atoms with Crippen LogP contribution in [0, 0.1) is 5.92 Å². The highest BCUT2D eigenvalue weighted by molar-refractivity contribution is 7.13. The molecule has 1 aromatic heterocycles. The summed E-state index contributed by atoms with van der Waals surface area (Å²) in [5, 5.41) is 6.25. The van der Waals surface area contributed by atoms with Crippen molar-refractivity contribution >= 4 is 28.1 Å². The molecule has 0 saturated heterocycles. The Morgan fingerprint density at radius 3 is 2.92 bits per heavy atom. The average molecular weight is 205 g/mol. The van der Waals surface area contributed by atoms with E-state index in [4.69, 9.17) is 11.6 Å². The highest BCUT2D eigenvalue weighted by Crippen LogP contribution is 2.13. The summed E-state index contributed by atoms with van der Waals surface area (Å²) >= 11 is 7.64. The number of thiazole rings is 1. The molecule has 12 heavy (non-hydrogen) atoms. The first-order chi connectivity index (χ1) is 5.70. The molecule has 0 aliphatic heterocycles. The fourth-order valence-corrected chi connectivity index (χ4v) is 1.35. The topological polar surface area (TPSA) is 24.9 Å². The first kappa shape index (κ1) is 9.81. The third-order valence-electron chi connectivity index (χ3n) is 1.60. The molecule has 1 aromatic rings. The molecule has 0 fully saturated rings. The van der Waals surface area contributed by atoms with Gasteiger partial charge in [-0.05, 0) is 5.92 Å². The van der Waals surface area contributed by atoms with Crippen molar-refractivity contribution in [1.82, 2.24) is 4.98 Å². The van der Waals surface area contributed by atoms with Crippen molar-refractivity contribution in [2.24, 2.45) is 5.92 Å². The fourth-order valence-electron chi connectivity index (χ4n) is 0.731. The van der Waals surface area contributed by atoms with E-state index in [9.17, 15) is 0 Å². The number of anilines is 1. The Morgan fingerprint density at radius 2 is 2.42 bits per heavy atom. The molecule has 1 atom stereocenters. The van der Waals surface area contributed by atoms with Crippen LogP contribution in [0.1, 0.15) is 13.8 Å². The van der Waals surface area contributed by atoms with Crippen molar-refractivity contribution in [2.75, 3.05) is 11.9 Å². The molecule has 0 spiro atoms. The normalized spacial score (nSPS) is 13.3. The summed E-state index contributed by atoms with van der Waals surface area (Å²) in [6.07, 6.45) is 1.78. The number of nitrogens with one attached hydrogen (secondary N) is 1. The van der Waals surface area contributed by atoms with Crippen molar-refractivity contribution in [3.8, 4) is 0 Å². The van der Waals surface area contributed by atoms with E-state index in [1.807, 2.05) is 5.38 Å². The molecule has 1 rings (SSSR count). The third kappa shape index (κ3) is 2.99. The number of alkyl halides is 1. The highest BCUT2D eigenvalue weighted by atomic mass is 35.5. The Bertz CT molecular complexity index is 211. The second-order valence-electron chi connectivity index (χ2n) is 2.98. The molecule has 2 nitrogen and oxygen atoms in total. The van der Waals surface area contributed by atoms with Crippen LogP contribution >= 0.6 is 22.9 Å². The SMILES string of the molecule is CC(C)C(Cl)CNc1nccs1. The van der Waals surface area contributed by atoms with Crippen LogP contribution in [-0.2, 0) is 0 Å². The van der Waals surface area contributed by atoms with Gasteiger partial charge >= 0.3 is 0 Å². The molecule has 1 heterocycles. The Hall–Kier alpha value is -0.280. The zero-order chi connectivity index (χ0) is 8.97. The molecule has 1 N–H and O–H groups in total. The van der Waals surface area contributed by atoms with Gasteiger partial charge in [0.15, 0.2) is 5.13 Å². The maximum atomic E-state index is 6.05. The third-order valence-corrected chi connectivity index (χ3v) is 2.99. The quantitative estimate of drug-likeness (QED) is 0.764. The highest BCUT2D eigenvalue weighted by Gasteiger charge is 2.08. The van der Waals surface area contributed by atoms with E-state index >= 15 is 0 Å². The molecule has 0 radical (unpaired) electrons. The van der Waals surface area contributed by atoms with E-state index in [-0.39, 0.29) is 5.38 Å². The van der Waals surface area contributed by atoms with Crippen molar-refractivity contribution in [3.05, 3.63) is 11.6 Å². The number of halogens is 1. The molecule has 1 unspecified atom stereocenters. The second-order valence-corrected chi connectivity index (χ2v) is 4.43. The molecule has 0 saturated carbocycles. The van der Waals surface area contributed by atoms with Crippen LogP contribution in [0.5, 0.6) is 0 Å². The first-order valence-electron chi connectivity index (χ1n) is 3.97. The summed E-state index contributed by atoms with van der Waals surface area (Å²) in [5.74, 6) is 0.499. The van der Waals surface area contributed by atoms with Crippen LogP contribution in [0.25, 0.3) is 0 Å². The molecule has 68 valence electrons. The van der Waals surface area contributed by atoms with Gasteiger partial charge in [0, 0.05) is 18.1 Å². The van der Waals surface area contributed by atoms with E-state index in [1.165, 1.54) is 0 Å². The minimum Gasteiger partial charge on any atom is -0.360 e. The van der Waals surface area contributed by atoms with E-state index in [0.29, 0.717) is 5.92 Å². The van der Waals surface area contributed by atoms with Gasteiger partial charge in [-0.1, -0.05) is 13.8 Å². The summed E-state index contributed by atoms with van der Waals surface area (Å²) in [5.41, 5.74) is 0. The minimum atomic E-state index is 0.175. The number of hydrogen-bond acceptors (Lipinski definition) is 3. The number of aromatic nitrogens is 1. The van der Waals surface area contributed by atoms with Gasteiger partial charge in [0.1, 0.15) is 0 Å². The van der Waals surface area contributed by atoms with E-state index in [0.717, 1.165) is 11.7 Å². The number of rotatable bonds is 4. The molecule has 0 aliphatic carbocycles. The largest absolute Gasteiger partial charge is 0.360 e. The smallest absolute Gasteiger partial charge is 0.182 e. The number of nitrogens with zero attached hydrogens (tertiary/aromatic N) is 1. The lowest BCUT2D eigenvalue weighted by Gasteiger charge is -2.12. The van der Waals surface area contributed by atoms with Crippen LogP contribution in [0.3, 0.4) is 0 Å². The summed E-state index contributed by atoms with van der Waals surface area (Å²) < 4.78 is 0. The monoisotopic (exact) mass is 204 g/mol. The minimum absolute atomic E-state index is 0.175. The van der Waals surface area contributed by atoms with Crippen LogP contribution < -0.4 is 5.32 Å². The first-order valence-corrected chi connectivity index (χ1v) is 5.29. The van der Waals surface area contributed by atoms with Crippen molar-refractivity contribution in [3.63, 3.8) is 0 Å². The van der Waals surface area contributed by atoms with Crippen LogP contribution in [-0.4, -0.2) is 16.9 Å². The lowest BCUT2D eigenvalue weighted by molar-refractivity contribution is 0.616. The van der Waals surface area contributed by atoms with Crippen LogP contribution in [0.15, 0.2) is 11.6 Å². The lowest BCUT2D eigenvalue weighted by atomic mass is 10.1. The number of hydrogen-bond donors (Lipinski definition) is 1. The van der Waals surface area contributed by atoms with Gasteiger partial charge in [-0.25, -0.2) is 4.98 Å². The zero-order valence-corrected chi connectivity index (χ0v) is 8.82. The maximum Gasteiger partial charge on any atom is 0.182 e. The Labute approximate surface area is 82.0 Å². The van der Waals surface area contributed by atoms with Gasteiger partial charge in [-0.2, -0.15) is 0 Å².